The van der Waals surface area contributed by atoms with Crippen LogP contribution in [0.25, 0.3) is 22.2 Å². The highest BCUT2D eigenvalue weighted by Crippen LogP contribution is 2.38. The maximum Gasteiger partial charge on any atom is 0.355 e. The second-order valence-corrected chi connectivity index (χ2v) is 9.45. The van der Waals surface area contributed by atoms with Gasteiger partial charge in [0.25, 0.3) is 10.0 Å². The number of hydrogen-bond acceptors (Lipinski definition) is 7. The third-order valence-electron chi connectivity index (χ3n) is 5.40. The number of aromatic nitrogens is 3. The molecule has 2 heterocycles. The first-order valence-corrected chi connectivity index (χ1v) is 11.9. The van der Waals surface area contributed by atoms with Gasteiger partial charge in [-0.25, -0.2) is 17.8 Å². The topological polar surface area (TPSA) is 136 Å². The Hall–Kier alpha value is -4.31. The van der Waals surface area contributed by atoms with Crippen molar-refractivity contribution in [2.45, 2.75) is 18.8 Å². The van der Waals surface area contributed by atoms with Crippen LogP contribution in [0.3, 0.4) is 0 Å². The number of aryl methyl sites for hydroxylation is 1. The highest BCUT2D eigenvalue weighted by molar-refractivity contribution is 7.93. The fraction of sp³-hybridized carbons (Fsp3) is 0.174. The van der Waals surface area contributed by atoms with Crippen molar-refractivity contribution < 1.29 is 26.3 Å². The fourth-order valence-electron chi connectivity index (χ4n) is 3.66. The number of nitrogen functional groups attached to an aromatic ring is 1. The monoisotopic (exact) mass is 516 g/mol. The van der Waals surface area contributed by atoms with E-state index in [4.69, 9.17) is 10.5 Å². The van der Waals surface area contributed by atoms with Crippen LogP contribution in [0.5, 0.6) is 5.75 Å². The molecule has 0 aliphatic carbocycles. The summed E-state index contributed by atoms with van der Waals surface area (Å²) in [5, 5.41) is 14.3. The Labute approximate surface area is 204 Å². The van der Waals surface area contributed by atoms with Gasteiger partial charge in [0, 0.05) is 18.8 Å². The minimum Gasteiger partial charge on any atom is -0.484 e. The van der Waals surface area contributed by atoms with Crippen LogP contribution in [0, 0.1) is 17.1 Å². The van der Waals surface area contributed by atoms with E-state index in [0.717, 1.165) is 0 Å². The van der Waals surface area contributed by atoms with Gasteiger partial charge in [-0.15, -0.1) is 0 Å². The van der Waals surface area contributed by atoms with Gasteiger partial charge in [-0.1, -0.05) is 18.2 Å². The van der Waals surface area contributed by atoms with Crippen molar-refractivity contribution in [3.05, 3.63) is 65.6 Å². The number of nitriles is 1. The minimum atomic E-state index is -5.00. The molecule has 9 nitrogen and oxygen atoms in total. The smallest absolute Gasteiger partial charge is 0.355 e. The number of rotatable bonds is 7. The van der Waals surface area contributed by atoms with Crippen molar-refractivity contribution in [2.75, 3.05) is 10.5 Å². The van der Waals surface area contributed by atoms with Gasteiger partial charge < -0.3 is 10.5 Å². The molecule has 2 aromatic heterocycles. The lowest BCUT2D eigenvalue weighted by molar-refractivity contribution is 0.228. The van der Waals surface area contributed by atoms with Gasteiger partial charge in [0.05, 0.1) is 22.2 Å². The number of halogens is 3. The van der Waals surface area contributed by atoms with Crippen molar-refractivity contribution in [1.29, 1.82) is 5.26 Å². The number of nitrogens with one attached hydrogen (secondary N) is 1. The molecule has 186 valence electrons. The molecule has 2 aromatic carbocycles. The Morgan fingerprint density at radius 3 is 2.53 bits per heavy atom. The van der Waals surface area contributed by atoms with Gasteiger partial charge in [-0.3, -0.25) is 9.40 Å². The van der Waals surface area contributed by atoms with E-state index in [1.54, 1.807) is 14.0 Å². The molecule has 0 aliphatic rings. The Balaban J connectivity index is 1.85. The molecular formula is C23H19F3N6O3S. The lowest BCUT2D eigenvalue weighted by Crippen LogP contribution is -2.21. The Morgan fingerprint density at radius 2 is 1.89 bits per heavy atom. The largest absolute Gasteiger partial charge is 0.484 e. The van der Waals surface area contributed by atoms with Gasteiger partial charge in [0.2, 0.25) is 0 Å². The van der Waals surface area contributed by atoms with Crippen LogP contribution in [0.2, 0.25) is 0 Å². The van der Waals surface area contributed by atoms with Crippen LogP contribution in [0.1, 0.15) is 24.2 Å². The first-order chi connectivity index (χ1) is 17.0. The molecule has 0 aliphatic heterocycles. The summed E-state index contributed by atoms with van der Waals surface area (Å²) in [5.41, 5.74) is 7.78. The summed E-state index contributed by atoms with van der Waals surface area (Å²) < 4.78 is 72.4. The average molecular weight is 517 g/mol. The van der Waals surface area contributed by atoms with E-state index < -0.39 is 27.7 Å². The van der Waals surface area contributed by atoms with Gasteiger partial charge in [0.15, 0.2) is 0 Å². The zero-order valence-electron chi connectivity index (χ0n) is 18.9. The van der Waals surface area contributed by atoms with Gasteiger partial charge >= 0.3 is 5.76 Å². The number of nitrogens with zero attached hydrogens (tertiary/aromatic N) is 4. The number of alkyl halides is 2. The summed E-state index contributed by atoms with van der Waals surface area (Å²) in [6, 6.07) is 11.6. The first kappa shape index (κ1) is 24.8. The molecule has 0 saturated carbocycles. The van der Waals surface area contributed by atoms with Crippen LogP contribution in [0.15, 0.2) is 48.7 Å². The number of pyridine rings is 1. The highest BCUT2D eigenvalue weighted by Gasteiger charge is 2.26. The molecule has 13 heteroatoms. The van der Waals surface area contributed by atoms with Gasteiger partial charge in [-0.05, 0) is 36.8 Å². The Kier molecular flexibility index (Phi) is 6.47. The van der Waals surface area contributed by atoms with E-state index >= 15 is 0 Å². The van der Waals surface area contributed by atoms with Crippen molar-refractivity contribution in [1.82, 2.24) is 14.8 Å². The fourth-order valence-corrected chi connectivity index (χ4v) is 4.23. The summed E-state index contributed by atoms with van der Waals surface area (Å²) in [5.74, 6) is -4.11. The minimum absolute atomic E-state index is 0.0877. The summed E-state index contributed by atoms with van der Waals surface area (Å²) in [7, 11) is -3.39. The molecule has 3 N–H and O–H groups in total. The molecule has 0 fully saturated rings. The predicted octanol–water partition coefficient (Wildman–Crippen LogP) is 4.33. The second-order valence-electron chi connectivity index (χ2n) is 7.80. The maximum atomic E-state index is 13.3. The van der Waals surface area contributed by atoms with Crippen molar-refractivity contribution in [3.63, 3.8) is 0 Å². The molecule has 0 amide bonds. The van der Waals surface area contributed by atoms with E-state index in [9.17, 15) is 26.9 Å². The molecular weight excluding hydrogens is 497 g/mol. The molecule has 0 saturated heterocycles. The highest BCUT2D eigenvalue weighted by atomic mass is 32.2. The summed E-state index contributed by atoms with van der Waals surface area (Å²) >= 11 is 0. The van der Waals surface area contributed by atoms with Crippen LogP contribution in [-0.4, -0.2) is 28.9 Å². The zero-order valence-corrected chi connectivity index (χ0v) is 19.7. The average Bonchev–Trinajstić information content (AvgIpc) is 3.19. The second kappa shape index (κ2) is 9.38. The number of anilines is 2. The van der Waals surface area contributed by atoms with E-state index in [-0.39, 0.29) is 22.8 Å². The lowest BCUT2D eigenvalue weighted by Gasteiger charge is -2.19. The van der Waals surface area contributed by atoms with Gasteiger partial charge in [-0.2, -0.15) is 19.1 Å². The molecule has 0 bridgehead atoms. The molecule has 1 unspecified atom stereocenters. The Bertz CT molecular complexity index is 1600. The molecule has 1 atom stereocenters. The van der Waals surface area contributed by atoms with Crippen LogP contribution in [0.4, 0.5) is 24.7 Å². The molecule has 4 aromatic rings. The van der Waals surface area contributed by atoms with Crippen molar-refractivity contribution in [3.8, 4) is 23.1 Å². The number of ether oxygens (including phenoxy) is 1. The molecule has 36 heavy (non-hydrogen) atoms. The zero-order chi connectivity index (χ0) is 26.2. The third kappa shape index (κ3) is 4.63. The van der Waals surface area contributed by atoms with Crippen LogP contribution < -0.4 is 15.2 Å². The third-order valence-corrected chi connectivity index (χ3v) is 6.37. The quantitative estimate of drug-likeness (QED) is 0.373. The number of benzene rings is 2. The number of sulfonamides is 1. The summed E-state index contributed by atoms with van der Waals surface area (Å²) in [6.45, 7) is 1.63. The standard InChI is InChI=1S/C23H19F3N6O3S/c1-12(13-3-6-16(24)7-4-13)35-18-9-14(5-8-17(18)31-36(33,34)23(25)26)20-19-21(32(2)30-20)15(10-27)11-29-22(19)28/h3-9,11-12,23,31H,1-2H3,(H2,28,29). The summed E-state index contributed by atoms with van der Waals surface area (Å²) in [4.78, 5) is 4.05. The number of hydrogen-bond donors (Lipinski definition) is 2. The van der Waals surface area contributed by atoms with E-state index in [1.165, 1.54) is 53.3 Å². The van der Waals surface area contributed by atoms with E-state index in [2.05, 4.69) is 10.1 Å². The van der Waals surface area contributed by atoms with Crippen LogP contribution in [-0.2, 0) is 17.1 Å². The SMILES string of the molecule is CC(Oc1cc(-c2nn(C)c3c(C#N)cnc(N)c23)ccc1NS(=O)(=O)C(F)F)c1ccc(F)cc1. The van der Waals surface area contributed by atoms with Crippen LogP contribution >= 0.6 is 0 Å². The number of nitrogens with two attached hydrogens (primary N) is 1. The van der Waals surface area contributed by atoms with E-state index in [1.807, 2.05) is 10.8 Å². The van der Waals surface area contributed by atoms with Crippen molar-refractivity contribution in [2.24, 2.45) is 7.05 Å². The number of fused-ring (bicyclic) bond motifs is 1. The van der Waals surface area contributed by atoms with Gasteiger partial charge in [0.1, 0.15) is 35.3 Å². The van der Waals surface area contributed by atoms with E-state index in [0.29, 0.717) is 27.7 Å². The normalized spacial score (nSPS) is 12.5. The first-order valence-electron chi connectivity index (χ1n) is 10.4. The molecule has 0 radical (unpaired) electrons. The lowest BCUT2D eigenvalue weighted by atomic mass is 10.1. The predicted molar refractivity (Wildman–Crippen MR) is 127 cm³/mol. The summed E-state index contributed by atoms with van der Waals surface area (Å²) in [6.07, 6.45) is 0.609. The van der Waals surface area contributed by atoms with Crippen molar-refractivity contribution >= 4 is 32.4 Å². The maximum absolute atomic E-state index is 13.3. The molecule has 4 rings (SSSR count). The Morgan fingerprint density at radius 1 is 1.19 bits per heavy atom. The molecule has 0 spiro atoms.